The number of benzene rings is 3. The number of halogens is 3. The van der Waals surface area contributed by atoms with Crippen LogP contribution >= 0.6 is 7.82 Å². The predicted octanol–water partition coefficient (Wildman–Crippen LogP) is 6.88. The zero-order valence-corrected chi connectivity index (χ0v) is 16.3. The van der Waals surface area contributed by atoms with Gasteiger partial charge in [0, 0.05) is 0 Å². The van der Waals surface area contributed by atoms with E-state index in [0.29, 0.717) is 0 Å². The lowest BCUT2D eigenvalue weighted by Gasteiger charge is -2.26. The lowest BCUT2D eigenvalue weighted by molar-refractivity contribution is -0.201. The third-order valence-corrected chi connectivity index (χ3v) is 5.14. The fourth-order valence-electron chi connectivity index (χ4n) is 2.54. The zero-order chi connectivity index (χ0) is 20.9. The molecule has 8 heteroatoms. The summed E-state index contributed by atoms with van der Waals surface area (Å²) in [5.41, 5.74) is 0.550. The van der Waals surface area contributed by atoms with Crippen LogP contribution in [0.2, 0.25) is 0 Å². The van der Waals surface area contributed by atoms with Gasteiger partial charge in [0.2, 0.25) is 0 Å². The quantitative estimate of drug-likeness (QED) is 0.389. The molecule has 0 N–H and O–H groups in total. The molecule has 3 aromatic carbocycles. The summed E-state index contributed by atoms with van der Waals surface area (Å²) in [6, 6.07) is 21.0. The van der Waals surface area contributed by atoms with Gasteiger partial charge in [0.25, 0.3) is 0 Å². The summed E-state index contributed by atoms with van der Waals surface area (Å²) in [5, 5.41) is 0. The Kier molecular flexibility index (Phi) is 6.30. The van der Waals surface area contributed by atoms with Gasteiger partial charge in [-0.1, -0.05) is 60.7 Å². The van der Waals surface area contributed by atoms with Crippen LogP contribution in [0.1, 0.15) is 17.2 Å². The molecule has 0 unspecified atom stereocenters. The number of hydrogen-bond donors (Lipinski definition) is 0. The van der Waals surface area contributed by atoms with E-state index in [1.807, 2.05) is 0 Å². The van der Waals surface area contributed by atoms with Gasteiger partial charge in [0.05, 0.1) is 0 Å². The summed E-state index contributed by atoms with van der Waals surface area (Å²) in [7, 11) is -4.72. The van der Waals surface area contributed by atoms with Crippen LogP contribution in [0.5, 0.6) is 11.5 Å². The first-order valence-electron chi connectivity index (χ1n) is 8.66. The summed E-state index contributed by atoms with van der Waals surface area (Å²) in [6.45, 7) is 1.76. The van der Waals surface area contributed by atoms with Crippen molar-refractivity contribution >= 4 is 7.82 Å². The van der Waals surface area contributed by atoms with Crippen molar-refractivity contribution in [3.8, 4) is 11.5 Å². The number of aryl methyl sites for hydroxylation is 1. The van der Waals surface area contributed by atoms with Crippen LogP contribution in [-0.2, 0) is 9.09 Å². The molecular weight excluding hydrogens is 404 g/mol. The lowest BCUT2D eigenvalue weighted by atomic mass is 10.1. The van der Waals surface area contributed by atoms with Gasteiger partial charge in [0.1, 0.15) is 11.5 Å². The minimum absolute atomic E-state index is 0.0532. The van der Waals surface area contributed by atoms with Crippen molar-refractivity contribution in [2.75, 3.05) is 0 Å². The van der Waals surface area contributed by atoms with Crippen LogP contribution in [-0.4, -0.2) is 6.18 Å². The van der Waals surface area contributed by atoms with Crippen LogP contribution in [0.3, 0.4) is 0 Å². The van der Waals surface area contributed by atoms with E-state index >= 15 is 0 Å². The van der Waals surface area contributed by atoms with Gasteiger partial charge in [-0.25, -0.2) is 9.09 Å². The van der Waals surface area contributed by atoms with E-state index in [2.05, 4.69) is 0 Å². The second-order valence-corrected chi connectivity index (χ2v) is 7.67. The molecule has 3 aromatic rings. The number of alkyl halides is 3. The average molecular weight is 422 g/mol. The number of rotatable bonds is 7. The van der Waals surface area contributed by atoms with Gasteiger partial charge in [-0.3, -0.25) is 0 Å². The summed E-state index contributed by atoms with van der Waals surface area (Å²) >= 11 is 0. The van der Waals surface area contributed by atoms with Crippen molar-refractivity contribution in [3.05, 3.63) is 96.1 Å². The number of para-hydroxylation sites is 1. The molecule has 0 aliphatic rings. The van der Waals surface area contributed by atoms with Crippen molar-refractivity contribution in [3.63, 3.8) is 0 Å². The largest absolute Gasteiger partial charge is 0.588 e. The lowest BCUT2D eigenvalue weighted by Crippen LogP contribution is -2.24. The molecule has 0 fully saturated rings. The van der Waals surface area contributed by atoms with E-state index in [1.165, 1.54) is 48.5 Å². The van der Waals surface area contributed by atoms with Gasteiger partial charge in [0.15, 0.2) is 6.10 Å². The highest BCUT2D eigenvalue weighted by atomic mass is 31.2. The van der Waals surface area contributed by atoms with Gasteiger partial charge >= 0.3 is 14.0 Å². The van der Waals surface area contributed by atoms with E-state index in [0.717, 1.165) is 5.56 Å². The molecule has 0 amide bonds. The number of hydrogen-bond acceptors (Lipinski definition) is 4. The van der Waals surface area contributed by atoms with Crippen LogP contribution < -0.4 is 9.05 Å². The maximum Gasteiger partial charge on any atom is 0.588 e. The third kappa shape index (κ3) is 5.86. The van der Waals surface area contributed by atoms with Crippen molar-refractivity contribution in [2.45, 2.75) is 19.2 Å². The van der Waals surface area contributed by atoms with Crippen molar-refractivity contribution < 1.29 is 31.3 Å². The SMILES string of the molecule is Cc1cccc(O[P@@](=O)(Oc2ccccc2)O[C@H](c2ccccc2)C(F)(F)F)c1. The van der Waals surface area contributed by atoms with Crippen LogP contribution in [0, 0.1) is 6.92 Å². The Balaban J connectivity index is 1.97. The Morgan fingerprint density at radius 3 is 1.93 bits per heavy atom. The summed E-state index contributed by atoms with van der Waals surface area (Å²) in [6.07, 6.45) is -7.34. The maximum absolute atomic E-state index is 13.7. The van der Waals surface area contributed by atoms with Crippen LogP contribution in [0.15, 0.2) is 84.9 Å². The molecule has 0 aromatic heterocycles. The first kappa shape index (κ1) is 21.0. The van der Waals surface area contributed by atoms with Crippen molar-refractivity contribution in [2.24, 2.45) is 0 Å². The highest BCUT2D eigenvalue weighted by Crippen LogP contribution is 2.55. The number of phosphoric acid groups is 1. The summed E-state index contributed by atoms with van der Waals surface area (Å²) in [5.74, 6) is 0.121. The summed E-state index contributed by atoms with van der Waals surface area (Å²) < 4.78 is 70.2. The topological polar surface area (TPSA) is 44.8 Å². The second kappa shape index (κ2) is 8.72. The van der Waals surface area contributed by atoms with Gasteiger partial charge in [-0.2, -0.15) is 13.2 Å². The highest BCUT2D eigenvalue weighted by molar-refractivity contribution is 7.49. The third-order valence-electron chi connectivity index (χ3n) is 3.80. The average Bonchev–Trinajstić information content (AvgIpc) is 2.67. The Morgan fingerprint density at radius 1 is 0.793 bits per heavy atom. The fourth-order valence-corrected chi connectivity index (χ4v) is 3.91. The summed E-state index contributed by atoms with van der Waals surface area (Å²) in [4.78, 5) is 0. The molecule has 0 heterocycles. The molecule has 4 nitrogen and oxygen atoms in total. The normalized spacial score (nSPS) is 14.6. The van der Waals surface area contributed by atoms with E-state index in [4.69, 9.17) is 13.6 Å². The van der Waals surface area contributed by atoms with Gasteiger partial charge in [-0.15, -0.1) is 0 Å². The minimum atomic E-state index is -4.84. The minimum Gasteiger partial charge on any atom is -0.395 e. The smallest absolute Gasteiger partial charge is 0.395 e. The molecule has 0 saturated heterocycles. The molecule has 0 spiro atoms. The first-order valence-corrected chi connectivity index (χ1v) is 10.1. The molecular formula is C21H18F3O4P. The standard InChI is InChI=1S/C21H18F3O4P/c1-16-9-8-14-19(15-16)27-29(25,26-18-12-6-3-7-13-18)28-20(21(22,23)24)17-10-4-2-5-11-17/h2-15,20H,1H3/t20-,29-/m1/s1. The monoisotopic (exact) mass is 422 g/mol. The van der Waals surface area contributed by atoms with Crippen molar-refractivity contribution in [1.29, 1.82) is 0 Å². The molecule has 3 rings (SSSR count). The van der Waals surface area contributed by atoms with Crippen molar-refractivity contribution in [1.82, 2.24) is 0 Å². The number of phosphoric ester groups is 1. The molecule has 152 valence electrons. The Morgan fingerprint density at radius 2 is 1.34 bits per heavy atom. The molecule has 2 atom stereocenters. The van der Waals surface area contributed by atoms with E-state index < -0.39 is 20.1 Å². The van der Waals surface area contributed by atoms with Gasteiger partial charge < -0.3 is 9.05 Å². The van der Waals surface area contributed by atoms with Crippen LogP contribution in [0.25, 0.3) is 0 Å². The van der Waals surface area contributed by atoms with E-state index in [9.17, 15) is 17.7 Å². The molecule has 0 radical (unpaired) electrons. The Bertz CT molecular complexity index is 978. The second-order valence-electron chi connectivity index (χ2n) is 6.20. The zero-order valence-electron chi connectivity index (χ0n) is 15.4. The van der Waals surface area contributed by atoms with Gasteiger partial charge in [-0.05, 0) is 42.3 Å². The molecule has 29 heavy (non-hydrogen) atoms. The molecule has 0 aliphatic heterocycles. The molecule has 0 aliphatic carbocycles. The van der Waals surface area contributed by atoms with Crippen LogP contribution in [0.4, 0.5) is 13.2 Å². The first-order chi connectivity index (χ1) is 13.8. The highest BCUT2D eigenvalue weighted by Gasteiger charge is 2.48. The Hall–Kier alpha value is -2.76. The Labute approximate surface area is 166 Å². The van der Waals surface area contributed by atoms with E-state index in [-0.39, 0.29) is 17.1 Å². The molecule has 0 bridgehead atoms. The molecule has 0 saturated carbocycles. The fraction of sp³-hybridized carbons (Fsp3) is 0.143. The maximum atomic E-state index is 13.7. The predicted molar refractivity (Wildman–Crippen MR) is 103 cm³/mol. The van der Waals surface area contributed by atoms with E-state index in [1.54, 1.807) is 43.3 Å².